The second-order valence-electron chi connectivity index (χ2n) is 3.79. The molecule has 0 bridgehead atoms. The van der Waals surface area contributed by atoms with Crippen molar-refractivity contribution in [2.24, 2.45) is 17.8 Å². The summed E-state index contributed by atoms with van der Waals surface area (Å²) in [5.41, 5.74) is 0. The highest BCUT2D eigenvalue weighted by atomic mass is 16.5. The maximum absolute atomic E-state index is 11.2. The van der Waals surface area contributed by atoms with Crippen molar-refractivity contribution in [3.63, 3.8) is 0 Å². The van der Waals surface area contributed by atoms with Crippen LogP contribution in [0.5, 0.6) is 0 Å². The molecule has 1 N–H and O–H groups in total. The van der Waals surface area contributed by atoms with E-state index in [1.54, 1.807) is 0 Å². The molecule has 2 fully saturated rings. The molecule has 0 aromatic carbocycles. The van der Waals surface area contributed by atoms with Crippen LogP contribution >= 0.6 is 0 Å². The maximum Gasteiger partial charge on any atom is 0.308 e. The van der Waals surface area contributed by atoms with Gasteiger partial charge < -0.3 is 10.1 Å². The van der Waals surface area contributed by atoms with Crippen LogP contribution in [0, 0.1) is 17.8 Å². The summed E-state index contributed by atoms with van der Waals surface area (Å²) >= 11 is 0. The minimum atomic E-state index is -0.00171. The number of carbonyl (C=O) groups excluding carboxylic acids is 1. The highest BCUT2D eigenvalue weighted by Crippen LogP contribution is 2.41. The number of esters is 1. The molecule has 1 aliphatic heterocycles. The van der Waals surface area contributed by atoms with Gasteiger partial charge >= 0.3 is 5.97 Å². The van der Waals surface area contributed by atoms with E-state index in [1.165, 1.54) is 13.5 Å². The summed E-state index contributed by atoms with van der Waals surface area (Å²) in [6, 6.07) is 0. The first kappa shape index (κ1) is 8.05. The van der Waals surface area contributed by atoms with Gasteiger partial charge in [0.25, 0.3) is 0 Å². The molecule has 0 aromatic rings. The fourth-order valence-electron chi connectivity index (χ4n) is 2.15. The minimum absolute atomic E-state index is 0.00171. The Labute approximate surface area is 72.5 Å². The zero-order chi connectivity index (χ0) is 8.55. The van der Waals surface area contributed by atoms with Crippen molar-refractivity contribution in [3.05, 3.63) is 0 Å². The zero-order valence-corrected chi connectivity index (χ0v) is 7.38. The zero-order valence-electron chi connectivity index (χ0n) is 7.38. The average Bonchev–Trinajstić information content (AvgIpc) is 1.93. The first-order valence-corrected chi connectivity index (χ1v) is 4.61. The average molecular weight is 169 g/mol. The third-order valence-corrected chi connectivity index (χ3v) is 3.25. The molecule has 68 valence electrons. The first-order valence-electron chi connectivity index (χ1n) is 4.61. The lowest BCUT2D eigenvalue weighted by Crippen LogP contribution is -2.52. The molecule has 2 aliphatic rings. The molecule has 0 aromatic heterocycles. The molecule has 0 radical (unpaired) electrons. The smallest absolute Gasteiger partial charge is 0.308 e. The summed E-state index contributed by atoms with van der Waals surface area (Å²) in [6.07, 6.45) is 2.25. The summed E-state index contributed by atoms with van der Waals surface area (Å²) in [5.74, 6) is 1.56. The number of hydrogen-bond acceptors (Lipinski definition) is 3. The van der Waals surface area contributed by atoms with Crippen molar-refractivity contribution >= 4 is 5.97 Å². The summed E-state index contributed by atoms with van der Waals surface area (Å²) in [6.45, 7) is 2.19. The molecule has 1 aliphatic carbocycles. The van der Waals surface area contributed by atoms with E-state index < -0.39 is 0 Å². The maximum atomic E-state index is 11.2. The monoisotopic (exact) mass is 169 g/mol. The van der Waals surface area contributed by atoms with Crippen LogP contribution in [0.1, 0.15) is 12.8 Å². The predicted octanol–water partition coefficient (Wildman–Crippen LogP) is 0.405. The molecule has 0 amide bonds. The standard InChI is InChI=1S/C9H15NO2/c1-12-9(11)8-3-2-7(8)6-4-10-5-6/h6-8,10H,2-5H2,1H3. The Bertz CT molecular complexity index is 189. The van der Waals surface area contributed by atoms with E-state index in [-0.39, 0.29) is 11.9 Å². The van der Waals surface area contributed by atoms with Crippen molar-refractivity contribution in [1.29, 1.82) is 0 Å². The van der Waals surface area contributed by atoms with Gasteiger partial charge in [-0.3, -0.25) is 4.79 Å². The van der Waals surface area contributed by atoms with Crippen molar-refractivity contribution in [3.8, 4) is 0 Å². The second-order valence-corrected chi connectivity index (χ2v) is 3.79. The quantitative estimate of drug-likeness (QED) is 0.608. The molecule has 1 saturated heterocycles. The third kappa shape index (κ3) is 1.12. The minimum Gasteiger partial charge on any atom is -0.469 e. The van der Waals surface area contributed by atoms with Crippen LogP contribution in [0.15, 0.2) is 0 Å². The Balaban J connectivity index is 1.87. The Morgan fingerprint density at radius 1 is 1.42 bits per heavy atom. The Morgan fingerprint density at radius 2 is 2.17 bits per heavy atom. The number of ether oxygens (including phenoxy) is 1. The van der Waals surface area contributed by atoms with Gasteiger partial charge in [0, 0.05) is 0 Å². The summed E-state index contributed by atoms with van der Waals surface area (Å²) in [4.78, 5) is 11.2. The van der Waals surface area contributed by atoms with E-state index in [1.807, 2.05) is 0 Å². The van der Waals surface area contributed by atoms with E-state index in [2.05, 4.69) is 5.32 Å². The molecular weight excluding hydrogens is 154 g/mol. The first-order chi connectivity index (χ1) is 5.83. The normalized spacial score (nSPS) is 35.1. The molecule has 2 unspecified atom stereocenters. The van der Waals surface area contributed by atoms with Crippen LogP contribution in [-0.2, 0) is 9.53 Å². The molecule has 2 rings (SSSR count). The number of rotatable bonds is 2. The van der Waals surface area contributed by atoms with Crippen molar-refractivity contribution < 1.29 is 9.53 Å². The SMILES string of the molecule is COC(=O)C1CCC1C1CNC1. The van der Waals surface area contributed by atoms with Crippen LogP contribution in [-0.4, -0.2) is 26.2 Å². The van der Waals surface area contributed by atoms with Crippen LogP contribution in [0.2, 0.25) is 0 Å². The number of hydrogen-bond donors (Lipinski definition) is 1. The summed E-state index contributed by atoms with van der Waals surface area (Å²) in [5, 5.41) is 3.24. The van der Waals surface area contributed by atoms with Crippen LogP contribution < -0.4 is 5.32 Å². The van der Waals surface area contributed by atoms with Gasteiger partial charge in [-0.05, 0) is 37.8 Å². The van der Waals surface area contributed by atoms with E-state index in [9.17, 15) is 4.79 Å². The van der Waals surface area contributed by atoms with Crippen molar-refractivity contribution in [2.45, 2.75) is 12.8 Å². The largest absolute Gasteiger partial charge is 0.469 e. The molecule has 2 atom stereocenters. The Morgan fingerprint density at radius 3 is 2.50 bits per heavy atom. The molecule has 1 saturated carbocycles. The van der Waals surface area contributed by atoms with Gasteiger partial charge in [0.15, 0.2) is 0 Å². The number of carbonyl (C=O) groups is 1. The number of nitrogens with one attached hydrogen (secondary N) is 1. The van der Waals surface area contributed by atoms with Gasteiger partial charge in [-0.2, -0.15) is 0 Å². The number of methoxy groups -OCH3 is 1. The fraction of sp³-hybridized carbons (Fsp3) is 0.889. The highest BCUT2D eigenvalue weighted by molar-refractivity contribution is 5.73. The van der Waals surface area contributed by atoms with Gasteiger partial charge in [-0.25, -0.2) is 0 Å². The van der Waals surface area contributed by atoms with Crippen LogP contribution in [0.4, 0.5) is 0 Å². The highest BCUT2D eigenvalue weighted by Gasteiger charge is 2.43. The summed E-state index contributed by atoms with van der Waals surface area (Å²) < 4.78 is 4.74. The summed E-state index contributed by atoms with van der Waals surface area (Å²) in [7, 11) is 1.48. The Hall–Kier alpha value is -0.570. The third-order valence-electron chi connectivity index (χ3n) is 3.25. The van der Waals surface area contributed by atoms with Crippen molar-refractivity contribution in [1.82, 2.24) is 5.32 Å². The molecule has 0 spiro atoms. The second kappa shape index (κ2) is 3.05. The lowest BCUT2D eigenvalue weighted by molar-refractivity contribution is -0.153. The van der Waals surface area contributed by atoms with Gasteiger partial charge in [0.1, 0.15) is 0 Å². The van der Waals surface area contributed by atoms with Gasteiger partial charge in [0.2, 0.25) is 0 Å². The van der Waals surface area contributed by atoms with Gasteiger partial charge in [0.05, 0.1) is 13.0 Å². The van der Waals surface area contributed by atoms with E-state index >= 15 is 0 Å². The van der Waals surface area contributed by atoms with Crippen LogP contribution in [0.3, 0.4) is 0 Å². The van der Waals surface area contributed by atoms with E-state index in [0.29, 0.717) is 5.92 Å². The molecule has 3 nitrogen and oxygen atoms in total. The van der Waals surface area contributed by atoms with E-state index in [4.69, 9.17) is 4.74 Å². The molecule has 12 heavy (non-hydrogen) atoms. The van der Waals surface area contributed by atoms with E-state index in [0.717, 1.165) is 25.4 Å². The topological polar surface area (TPSA) is 38.3 Å². The molecule has 1 heterocycles. The van der Waals surface area contributed by atoms with Crippen LogP contribution in [0.25, 0.3) is 0 Å². The van der Waals surface area contributed by atoms with Gasteiger partial charge in [-0.15, -0.1) is 0 Å². The van der Waals surface area contributed by atoms with Crippen molar-refractivity contribution in [2.75, 3.05) is 20.2 Å². The lowest BCUT2D eigenvalue weighted by Gasteiger charge is -2.44. The van der Waals surface area contributed by atoms with Gasteiger partial charge in [-0.1, -0.05) is 0 Å². The predicted molar refractivity (Wildman–Crippen MR) is 44.6 cm³/mol. The fourth-order valence-corrected chi connectivity index (χ4v) is 2.15. The lowest BCUT2D eigenvalue weighted by atomic mass is 9.65. The molecule has 3 heteroatoms. The molecular formula is C9H15NO2. The Kier molecular flexibility index (Phi) is 2.05.